The Bertz CT molecular complexity index is 506. The van der Waals surface area contributed by atoms with Gasteiger partial charge in [-0.3, -0.25) is 4.79 Å². The summed E-state index contributed by atoms with van der Waals surface area (Å²) in [6.45, 7) is 3.96. The maximum atomic E-state index is 11.9. The van der Waals surface area contributed by atoms with E-state index >= 15 is 0 Å². The van der Waals surface area contributed by atoms with Gasteiger partial charge in [0.15, 0.2) is 5.78 Å². The monoisotopic (exact) mass is 228 g/mol. The summed E-state index contributed by atoms with van der Waals surface area (Å²) < 4.78 is 5.14. The Kier molecular flexibility index (Phi) is 3.43. The predicted molar refractivity (Wildman–Crippen MR) is 67.3 cm³/mol. The van der Waals surface area contributed by atoms with Gasteiger partial charge in [-0.1, -0.05) is 31.2 Å². The number of carbonyl (C=O) groups is 1. The molecule has 0 bridgehead atoms. The molecule has 0 N–H and O–H groups in total. The van der Waals surface area contributed by atoms with Crippen LogP contribution in [0.4, 0.5) is 0 Å². The summed E-state index contributed by atoms with van der Waals surface area (Å²) in [7, 11) is 0. The van der Waals surface area contributed by atoms with Gasteiger partial charge in [-0.2, -0.15) is 0 Å². The van der Waals surface area contributed by atoms with E-state index in [2.05, 4.69) is 19.1 Å². The molecule has 2 rings (SSSR count). The number of Topliss-reactive ketones (excluding diaryl/α,β-unsaturated/α-hetero) is 1. The quantitative estimate of drug-likeness (QED) is 0.749. The second kappa shape index (κ2) is 5.00. The average Bonchev–Trinajstić information content (AvgIpc) is 2.77. The Balaban J connectivity index is 2.07. The van der Waals surface area contributed by atoms with E-state index in [1.165, 1.54) is 11.8 Å². The van der Waals surface area contributed by atoms with Crippen molar-refractivity contribution in [1.29, 1.82) is 0 Å². The third-order valence-electron chi connectivity index (χ3n) is 2.85. The molecule has 0 aliphatic carbocycles. The molecule has 0 aliphatic rings. The van der Waals surface area contributed by atoms with Crippen molar-refractivity contribution in [1.82, 2.24) is 0 Å². The molecule has 2 aromatic rings. The van der Waals surface area contributed by atoms with Crippen molar-refractivity contribution in [3.05, 3.63) is 59.0 Å². The van der Waals surface area contributed by atoms with Crippen LogP contribution < -0.4 is 0 Å². The number of hydrogen-bond donors (Lipinski definition) is 0. The first-order valence-electron chi connectivity index (χ1n) is 5.85. The minimum Gasteiger partial charge on any atom is -0.469 e. The van der Waals surface area contributed by atoms with Gasteiger partial charge in [0, 0.05) is 6.42 Å². The van der Waals surface area contributed by atoms with Crippen LogP contribution in [-0.4, -0.2) is 5.78 Å². The molecule has 1 aromatic carbocycles. The third kappa shape index (κ3) is 2.84. The average molecular weight is 228 g/mol. The molecule has 1 aromatic heterocycles. The van der Waals surface area contributed by atoms with Crippen molar-refractivity contribution in [2.75, 3.05) is 0 Å². The summed E-state index contributed by atoms with van der Waals surface area (Å²) in [4.78, 5) is 11.9. The van der Waals surface area contributed by atoms with Crippen molar-refractivity contribution < 1.29 is 9.21 Å². The smallest absolute Gasteiger partial charge is 0.170 e. The molecule has 0 atom stereocenters. The van der Waals surface area contributed by atoms with E-state index < -0.39 is 0 Å². The van der Waals surface area contributed by atoms with E-state index in [1.807, 2.05) is 19.1 Å². The van der Waals surface area contributed by atoms with Crippen molar-refractivity contribution in [2.24, 2.45) is 0 Å². The highest BCUT2D eigenvalue weighted by molar-refractivity contribution is 5.97. The Morgan fingerprint density at radius 3 is 2.35 bits per heavy atom. The molecule has 17 heavy (non-hydrogen) atoms. The Morgan fingerprint density at radius 2 is 1.82 bits per heavy atom. The lowest BCUT2D eigenvalue weighted by Crippen LogP contribution is -2.02. The summed E-state index contributed by atoms with van der Waals surface area (Å²) in [5.41, 5.74) is 2.99. The molecule has 0 radical (unpaired) electrons. The molecule has 0 fully saturated rings. The van der Waals surface area contributed by atoms with E-state index in [-0.39, 0.29) is 5.78 Å². The third-order valence-corrected chi connectivity index (χ3v) is 2.85. The Labute approximate surface area is 101 Å². The highest BCUT2D eigenvalue weighted by Crippen LogP contribution is 2.12. The zero-order chi connectivity index (χ0) is 12.3. The topological polar surface area (TPSA) is 30.2 Å². The van der Waals surface area contributed by atoms with Crippen LogP contribution in [0.5, 0.6) is 0 Å². The Morgan fingerprint density at radius 1 is 1.18 bits per heavy atom. The van der Waals surface area contributed by atoms with Crippen molar-refractivity contribution >= 4 is 5.78 Å². The van der Waals surface area contributed by atoms with Crippen LogP contribution in [0.15, 0.2) is 41.0 Å². The van der Waals surface area contributed by atoms with Gasteiger partial charge in [-0.05, 0) is 30.5 Å². The van der Waals surface area contributed by atoms with Crippen LogP contribution >= 0.6 is 0 Å². The van der Waals surface area contributed by atoms with Crippen molar-refractivity contribution in [3.8, 4) is 0 Å². The second-order valence-electron chi connectivity index (χ2n) is 4.22. The van der Waals surface area contributed by atoms with E-state index in [9.17, 15) is 4.79 Å². The van der Waals surface area contributed by atoms with Gasteiger partial charge in [0.2, 0.25) is 0 Å². The van der Waals surface area contributed by atoms with Crippen molar-refractivity contribution in [3.63, 3.8) is 0 Å². The van der Waals surface area contributed by atoms with Crippen LogP contribution in [-0.2, 0) is 12.8 Å². The van der Waals surface area contributed by atoms with Gasteiger partial charge in [-0.15, -0.1) is 0 Å². The number of furan rings is 1. The summed E-state index contributed by atoms with van der Waals surface area (Å²) in [5, 5.41) is 0. The molecule has 2 nitrogen and oxygen atoms in total. The fourth-order valence-electron chi connectivity index (χ4n) is 1.77. The molecular formula is C15H16O2. The van der Waals surface area contributed by atoms with Gasteiger partial charge in [-0.25, -0.2) is 0 Å². The fraction of sp³-hybridized carbons (Fsp3) is 0.267. The lowest BCUT2D eigenvalue weighted by atomic mass is 10.0. The number of ketones is 1. The van der Waals surface area contributed by atoms with E-state index in [0.717, 1.165) is 17.7 Å². The van der Waals surface area contributed by atoms with Gasteiger partial charge in [0.1, 0.15) is 12.0 Å². The predicted octanol–water partition coefficient (Wildman–Crippen LogP) is 3.58. The first kappa shape index (κ1) is 11.6. The number of aryl methyl sites for hydroxylation is 2. The van der Waals surface area contributed by atoms with Crippen LogP contribution in [0, 0.1) is 6.92 Å². The molecule has 0 spiro atoms. The largest absolute Gasteiger partial charge is 0.469 e. The minimum atomic E-state index is 0.103. The molecule has 0 saturated carbocycles. The number of hydrogen-bond acceptors (Lipinski definition) is 2. The summed E-state index contributed by atoms with van der Waals surface area (Å²) in [5.74, 6) is 0.876. The molecule has 0 saturated heterocycles. The lowest BCUT2D eigenvalue weighted by Gasteiger charge is -2.01. The maximum Gasteiger partial charge on any atom is 0.170 e. The van der Waals surface area contributed by atoms with Gasteiger partial charge < -0.3 is 4.42 Å². The maximum absolute atomic E-state index is 11.9. The standard InChI is InChI=1S/C15H16O2/c1-3-12-4-6-13(7-5-12)9-15(16)14-8-11(2)17-10-14/h4-8,10H,3,9H2,1-2H3. The highest BCUT2D eigenvalue weighted by atomic mass is 16.3. The van der Waals surface area contributed by atoms with E-state index in [4.69, 9.17) is 4.42 Å². The number of rotatable bonds is 4. The summed E-state index contributed by atoms with van der Waals surface area (Å²) in [6, 6.07) is 9.96. The second-order valence-corrected chi connectivity index (χ2v) is 4.22. The molecule has 1 heterocycles. The summed E-state index contributed by atoms with van der Waals surface area (Å²) >= 11 is 0. The zero-order valence-corrected chi connectivity index (χ0v) is 10.2. The van der Waals surface area contributed by atoms with E-state index in [0.29, 0.717) is 12.0 Å². The SMILES string of the molecule is CCc1ccc(CC(=O)c2coc(C)c2)cc1. The molecular weight excluding hydrogens is 212 g/mol. The fourth-order valence-corrected chi connectivity index (χ4v) is 1.77. The van der Waals surface area contributed by atoms with Crippen LogP contribution in [0.1, 0.15) is 34.2 Å². The molecule has 0 aliphatic heterocycles. The normalized spacial score (nSPS) is 10.5. The molecule has 0 unspecified atom stereocenters. The van der Waals surface area contributed by atoms with E-state index in [1.54, 1.807) is 6.07 Å². The summed E-state index contributed by atoms with van der Waals surface area (Å²) in [6.07, 6.45) is 2.98. The van der Waals surface area contributed by atoms with Gasteiger partial charge >= 0.3 is 0 Å². The molecule has 88 valence electrons. The van der Waals surface area contributed by atoms with Crippen molar-refractivity contribution in [2.45, 2.75) is 26.7 Å². The highest BCUT2D eigenvalue weighted by Gasteiger charge is 2.09. The molecule has 2 heteroatoms. The minimum absolute atomic E-state index is 0.103. The van der Waals surface area contributed by atoms with Gasteiger partial charge in [0.05, 0.1) is 5.56 Å². The van der Waals surface area contributed by atoms with Gasteiger partial charge in [0.25, 0.3) is 0 Å². The van der Waals surface area contributed by atoms with Crippen LogP contribution in [0.3, 0.4) is 0 Å². The Hall–Kier alpha value is -1.83. The zero-order valence-electron chi connectivity index (χ0n) is 10.2. The molecule has 0 amide bonds. The lowest BCUT2D eigenvalue weighted by molar-refractivity contribution is 0.0992. The van der Waals surface area contributed by atoms with Crippen LogP contribution in [0.25, 0.3) is 0 Å². The first-order chi connectivity index (χ1) is 8.19. The van der Waals surface area contributed by atoms with Crippen LogP contribution in [0.2, 0.25) is 0 Å². The number of benzene rings is 1. The first-order valence-corrected chi connectivity index (χ1v) is 5.85. The number of carbonyl (C=O) groups excluding carboxylic acids is 1.